The van der Waals surface area contributed by atoms with Crippen LogP contribution in [0.25, 0.3) is 16.8 Å². The number of imidazole rings is 1. The lowest BCUT2D eigenvalue weighted by atomic mass is 9.92. The number of nitrogen functional groups attached to an aromatic ring is 1. The predicted octanol–water partition coefficient (Wildman–Crippen LogP) is 4.57. The molecule has 3 N–H and O–H groups in total. The number of aromatic nitrogens is 4. The first-order valence-electron chi connectivity index (χ1n) is 13.1. The number of nitrogens with one attached hydrogen (secondary N) is 1. The SMILES string of the molecule is [2H]C([2H])([2H])C(C)(c1cc(NC(=O)Cc2ccc(-c3nc(C(C)C)n4ccnc(N)c34)cc2)on1)C([2H])([2H])[2H]. The third-order valence-corrected chi connectivity index (χ3v) is 5.00. The molecule has 166 valence electrons. The van der Waals surface area contributed by atoms with E-state index >= 15 is 0 Å². The number of anilines is 2. The van der Waals surface area contributed by atoms with Gasteiger partial charge in [-0.1, -0.05) is 63.9 Å². The van der Waals surface area contributed by atoms with Crippen LogP contribution >= 0.6 is 0 Å². The van der Waals surface area contributed by atoms with Crippen LogP contribution in [0, 0.1) is 0 Å². The summed E-state index contributed by atoms with van der Waals surface area (Å²) in [6, 6.07) is 8.38. The zero-order valence-electron chi connectivity index (χ0n) is 24.0. The van der Waals surface area contributed by atoms with Gasteiger partial charge in [0.1, 0.15) is 22.9 Å². The number of benzene rings is 1. The van der Waals surface area contributed by atoms with E-state index in [1.54, 1.807) is 18.3 Å². The third-order valence-electron chi connectivity index (χ3n) is 5.00. The Hall–Kier alpha value is -3.68. The minimum atomic E-state index is -2.88. The number of nitrogens with two attached hydrogens (primary N) is 1. The summed E-state index contributed by atoms with van der Waals surface area (Å²) in [5.74, 6) is 0.787. The van der Waals surface area contributed by atoms with Gasteiger partial charge in [0.2, 0.25) is 11.8 Å². The van der Waals surface area contributed by atoms with E-state index in [1.165, 1.54) is 0 Å². The van der Waals surface area contributed by atoms with Crippen LogP contribution in [0.5, 0.6) is 0 Å². The van der Waals surface area contributed by atoms with Gasteiger partial charge in [-0.3, -0.25) is 14.5 Å². The third kappa shape index (κ3) is 4.21. The molecule has 4 rings (SSSR count). The molecular weight excluding hydrogens is 404 g/mol. The molecule has 1 amide bonds. The summed E-state index contributed by atoms with van der Waals surface area (Å²) in [5, 5.41) is 6.14. The first kappa shape index (κ1) is 15.2. The summed E-state index contributed by atoms with van der Waals surface area (Å²) in [6.45, 7) is -0.596. The Balaban J connectivity index is 1.52. The predicted molar refractivity (Wildman–Crippen MR) is 124 cm³/mol. The standard InChI is InChI=1S/C24H28N6O2/c1-14(2)23-28-20(21-22(25)26-10-11-30(21)23)16-8-6-15(7-9-16)12-18(31)27-19-13-17(29-32-19)24(3,4)5/h6-11,13-14H,12H2,1-5H3,(H2,25,26)(H,27,31)/i3D3,4D3. The Kier molecular flexibility index (Phi) is 3.84. The zero-order valence-corrected chi connectivity index (χ0v) is 18.0. The van der Waals surface area contributed by atoms with Crippen LogP contribution in [-0.4, -0.2) is 25.4 Å². The highest BCUT2D eigenvalue weighted by Gasteiger charge is 2.20. The molecule has 0 aliphatic rings. The van der Waals surface area contributed by atoms with E-state index in [2.05, 4.69) is 15.5 Å². The van der Waals surface area contributed by atoms with Crippen LogP contribution in [0.4, 0.5) is 11.7 Å². The van der Waals surface area contributed by atoms with E-state index < -0.39 is 25.0 Å². The number of carbonyl (C=O) groups excluding carboxylic acids is 1. The molecule has 8 nitrogen and oxygen atoms in total. The van der Waals surface area contributed by atoms with Crippen molar-refractivity contribution in [2.75, 3.05) is 11.1 Å². The number of hydrogen-bond acceptors (Lipinski definition) is 6. The molecule has 0 saturated carbocycles. The van der Waals surface area contributed by atoms with Gasteiger partial charge in [0.15, 0.2) is 0 Å². The van der Waals surface area contributed by atoms with Gasteiger partial charge in [-0.15, -0.1) is 0 Å². The van der Waals surface area contributed by atoms with Gasteiger partial charge in [0.05, 0.1) is 12.1 Å². The van der Waals surface area contributed by atoms with Crippen LogP contribution in [0.15, 0.2) is 47.2 Å². The molecule has 4 aromatic rings. The summed E-state index contributed by atoms with van der Waals surface area (Å²) in [4.78, 5) is 21.6. The maximum Gasteiger partial charge on any atom is 0.231 e. The van der Waals surface area contributed by atoms with Crippen molar-refractivity contribution >= 4 is 23.1 Å². The van der Waals surface area contributed by atoms with E-state index in [0.29, 0.717) is 22.6 Å². The summed E-state index contributed by atoms with van der Waals surface area (Å²) in [6.07, 6.45) is 3.44. The topological polar surface area (TPSA) is 111 Å². The molecule has 0 spiro atoms. The summed E-state index contributed by atoms with van der Waals surface area (Å²) >= 11 is 0. The fourth-order valence-corrected chi connectivity index (χ4v) is 3.41. The second kappa shape index (κ2) is 8.11. The Labute approximate surface area is 195 Å². The summed E-state index contributed by atoms with van der Waals surface area (Å²) in [5.41, 5.74) is 6.50. The lowest BCUT2D eigenvalue weighted by Crippen LogP contribution is -2.14. The van der Waals surface area contributed by atoms with E-state index in [-0.39, 0.29) is 23.9 Å². The van der Waals surface area contributed by atoms with E-state index in [9.17, 15) is 4.79 Å². The quantitative estimate of drug-likeness (QED) is 0.472. The van der Waals surface area contributed by atoms with E-state index in [4.69, 9.17) is 23.5 Å². The lowest BCUT2D eigenvalue weighted by Gasteiger charge is -2.12. The van der Waals surface area contributed by atoms with Crippen molar-refractivity contribution < 1.29 is 17.5 Å². The molecule has 8 heteroatoms. The maximum atomic E-state index is 12.6. The zero-order chi connectivity index (χ0) is 28.0. The normalized spacial score (nSPS) is 15.5. The van der Waals surface area contributed by atoms with Gasteiger partial charge in [0.25, 0.3) is 0 Å². The monoisotopic (exact) mass is 438 g/mol. The van der Waals surface area contributed by atoms with Crippen molar-refractivity contribution in [1.82, 2.24) is 19.5 Å². The first-order chi connectivity index (χ1) is 17.6. The Bertz CT molecular complexity index is 1460. The number of rotatable bonds is 5. The second-order valence-corrected chi connectivity index (χ2v) is 8.13. The highest BCUT2D eigenvalue weighted by molar-refractivity contribution is 5.91. The largest absolute Gasteiger partial charge is 0.382 e. The number of nitrogens with zero attached hydrogens (tertiary/aromatic N) is 4. The fraction of sp³-hybridized carbons (Fsp3) is 0.333. The number of amides is 1. The average molecular weight is 439 g/mol. The Morgan fingerprint density at radius 1 is 1.31 bits per heavy atom. The van der Waals surface area contributed by atoms with Crippen LogP contribution in [0.1, 0.15) is 65.7 Å². The lowest BCUT2D eigenvalue weighted by molar-refractivity contribution is -0.115. The average Bonchev–Trinajstić information content (AvgIpc) is 3.43. The van der Waals surface area contributed by atoms with E-state index in [0.717, 1.165) is 24.4 Å². The van der Waals surface area contributed by atoms with Gasteiger partial charge >= 0.3 is 0 Å². The number of carbonyl (C=O) groups is 1. The molecule has 0 radical (unpaired) electrons. The molecule has 1 aromatic carbocycles. The summed E-state index contributed by atoms with van der Waals surface area (Å²) < 4.78 is 53.3. The van der Waals surface area contributed by atoms with Gasteiger partial charge in [0, 0.05) is 43.6 Å². The molecule has 32 heavy (non-hydrogen) atoms. The molecule has 0 unspecified atom stereocenters. The van der Waals surface area contributed by atoms with Gasteiger partial charge in [-0.2, -0.15) is 0 Å². The molecule has 3 aromatic heterocycles. The van der Waals surface area contributed by atoms with E-state index in [1.807, 2.05) is 36.6 Å². The van der Waals surface area contributed by atoms with Crippen molar-refractivity contribution in [3.8, 4) is 11.3 Å². The van der Waals surface area contributed by atoms with Gasteiger partial charge in [-0.25, -0.2) is 9.97 Å². The molecule has 0 aliphatic heterocycles. The minimum Gasteiger partial charge on any atom is -0.382 e. The Morgan fingerprint density at radius 2 is 2.06 bits per heavy atom. The fourth-order valence-electron chi connectivity index (χ4n) is 3.41. The van der Waals surface area contributed by atoms with Crippen LogP contribution in [0.2, 0.25) is 0 Å². The second-order valence-electron chi connectivity index (χ2n) is 8.13. The molecule has 0 saturated heterocycles. The summed E-state index contributed by atoms with van der Waals surface area (Å²) in [7, 11) is 0. The smallest absolute Gasteiger partial charge is 0.231 e. The highest BCUT2D eigenvalue weighted by atomic mass is 16.5. The van der Waals surface area contributed by atoms with Crippen LogP contribution in [0.3, 0.4) is 0 Å². The molecule has 0 bridgehead atoms. The van der Waals surface area contributed by atoms with Crippen molar-refractivity contribution in [3.63, 3.8) is 0 Å². The minimum absolute atomic E-state index is 0.0169. The van der Waals surface area contributed by atoms with Crippen molar-refractivity contribution in [2.24, 2.45) is 0 Å². The molecule has 0 atom stereocenters. The number of fused-ring (bicyclic) bond motifs is 1. The molecule has 0 fully saturated rings. The highest BCUT2D eigenvalue weighted by Crippen LogP contribution is 2.30. The molecule has 0 aliphatic carbocycles. The van der Waals surface area contributed by atoms with Crippen molar-refractivity contribution in [2.45, 2.75) is 52.2 Å². The number of hydrogen-bond donors (Lipinski definition) is 2. The van der Waals surface area contributed by atoms with Gasteiger partial charge < -0.3 is 10.3 Å². The first-order valence-corrected chi connectivity index (χ1v) is 10.1. The molecule has 3 heterocycles. The van der Waals surface area contributed by atoms with Crippen molar-refractivity contribution in [3.05, 3.63) is 59.8 Å². The maximum absolute atomic E-state index is 12.6. The van der Waals surface area contributed by atoms with Gasteiger partial charge in [-0.05, 0) is 5.56 Å². The van der Waals surface area contributed by atoms with Crippen molar-refractivity contribution in [1.29, 1.82) is 0 Å². The Morgan fingerprint density at radius 3 is 2.75 bits per heavy atom. The molecular formula is C24H28N6O2. The van der Waals surface area contributed by atoms with Crippen LogP contribution < -0.4 is 11.1 Å². The van der Waals surface area contributed by atoms with Crippen LogP contribution in [-0.2, 0) is 16.6 Å².